The first-order chi connectivity index (χ1) is 4.93. The van der Waals surface area contributed by atoms with Crippen molar-refractivity contribution in [1.29, 1.82) is 0 Å². The number of pyridine rings is 1. The van der Waals surface area contributed by atoms with Crippen LogP contribution in [0.4, 0.5) is 0 Å². The highest BCUT2D eigenvalue weighted by molar-refractivity contribution is 9.23. The molecule has 0 aromatic carbocycles. The van der Waals surface area contributed by atoms with E-state index >= 15 is 0 Å². The highest BCUT2D eigenvalue weighted by Gasteiger charge is 1.91. The Hall–Kier alpha value is 0.550. The van der Waals surface area contributed by atoms with Crippen LogP contribution in [0, 0.1) is 0 Å². The van der Waals surface area contributed by atoms with Crippen LogP contribution in [0.3, 0.4) is 0 Å². The first-order valence-electron chi connectivity index (χ1n) is 2.49. The van der Waals surface area contributed by atoms with Crippen molar-refractivity contribution in [2.24, 2.45) is 0 Å². The average molecular weight is 207 g/mol. The van der Waals surface area contributed by atoms with Crippen molar-refractivity contribution in [3.63, 3.8) is 0 Å². The van der Waals surface area contributed by atoms with Crippen LogP contribution < -0.4 is 0 Å². The van der Waals surface area contributed by atoms with E-state index in [1.54, 1.807) is 26.8 Å². The number of thiol groups is 1. The molecule has 0 fully saturated rings. The molecule has 0 aliphatic rings. The summed E-state index contributed by atoms with van der Waals surface area (Å²) in [6.45, 7) is 0. The molecule has 0 bridgehead atoms. The fraction of sp³-hybridized carbons (Fsp3) is 0. The number of aromatic nitrogens is 1. The molecular formula is C5H5NS4. The summed E-state index contributed by atoms with van der Waals surface area (Å²) in [6.07, 6.45) is 1.78. The van der Waals surface area contributed by atoms with Gasteiger partial charge in [-0.05, 0) is 42.6 Å². The first kappa shape index (κ1) is 8.64. The van der Waals surface area contributed by atoms with Crippen molar-refractivity contribution in [2.75, 3.05) is 0 Å². The molecule has 0 atom stereocenters. The summed E-state index contributed by atoms with van der Waals surface area (Å²) < 4.78 is 0. The van der Waals surface area contributed by atoms with Gasteiger partial charge in [0.2, 0.25) is 0 Å². The van der Waals surface area contributed by atoms with Crippen molar-refractivity contribution < 1.29 is 0 Å². The second-order valence-electron chi connectivity index (χ2n) is 1.39. The van der Waals surface area contributed by atoms with Crippen LogP contribution in [0.1, 0.15) is 0 Å². The molecule has 1 nitrogen and oxygen atoms in total. The molecule has 0 saturated heterocycles. The monoisotopic (exact) mass is 207 g/mol. The third-order valence-corrected chi connectivity index (χ3v) is 5.03. The minimum atomic E-state index is 1.02. The van der Waals surface area contributed by atoms with Crippen LogP contribution in [-0.4, -0.2) is 4.98 Å². The summed E-state index contributed by atoms with van der Waals surface area (Å²) in [7, 11) is 4.64. The zero-order chi connectivity index (χ0) is 7.23. The van der Waals surface area contributed by atoms with Crippen LogP contribution >= 0.6 is 42.1 Å². The number of rotatable bonds is 3. The smallest absolute Gasteiger partial charge is 0.107 e. The highest BCUT2D eigenvalue weighted by atomic mass is 33.7. The molecule has 1 rings (SSSR count). The van der Waals surface area contributed by atoms with Crippen molar-refractivity contribution >= 4 is 42.1 Å². The largest absolute Gasteiger partial charge is 0.249 e. The Morgan fingerprint density at radius 2 is 2.30 bits per heavy atom. The Kier molecular flexibility index (Phi) is 4.52. The fourth-order valence-corrected chi connectivity index (χ4v) is 3.10. The standard InChI is InChI=1S/C5H5NS4/c7-9-10-8-5-3-1-2-4-6-5/h1-4,7H. The zero-order valence-electron chi connectivity index (χ0n) is 4.93. The van der Waals surface area contributed by atoms with Gasteiger partial charge in [-0.15, -0.1) is 0 Å². The van der Waals surface area contributed by atoms with Gasteiger partial charge in [-0.2, -0.15) is 0 Å². The van der Waals surface area contributed by atoms with Crippen LogP contribution in [0.15, 0.2) is 29.4 Å². The van der Waals surface area contributed by atoms with Gasteiger partial charge in [0.25, 0.3) is 0 Å². The third kappa shape index (κ3) is 3.09. The molecular weight excluding hydrogens is 202 g/mol. The van der Waals surface area contributed by atoms with Crippen molar-refractivity contribution in [2.45, 2.75) is 5.03 Å². The van der Waals surface area contributed by atoms with Gasteiger partial charge in [-0.25, -0.2) is 4.98 Å². The van der Waals surface area contributed by atoms with E-state index < -0.39 is 0 Å². The number of hydrogen-bond acceptors (Lipinski definition) is 5. The lowest BCUT2D eigenvalue weighted by molar-refractivity contribution is 1.14. The van der Waals surface area contributed by atoms with E-state index in [9.17, 15) is 0 Å². The fourth-order valence-electron chi connectivity index (χ4n) is 0.446. The van der Waals surface area contributed by atoms with Gasteiger partial charge >= 0.3 is 0 Å². The molecule has 5 heteroatoms. The average Bonchev–Trinajstić information content (AvgIpc) is 2.03. The van der Waals surface area contributed by atoms with E-state index in [1.165, 1.54) is 9.83 Å². The second kappa shape index (κ2) is 5.23. The molecule has 0 spiro atoms. The molecule has 10 heavy (non-hydrogen) atoms. The minimum Gasteiger partial charge on any atom is -0.249 e. The molecule has 0 aliphatic heterocycles. The summed E-state index contributed by atoms with van der Waals surface area (Å²) in [5.74, 6) is 0. The highest BCUT2D eigenvalue weighted by Crippen LogP contribution is 2.40. The summed E-state index contributed by atoms with van der Waals surface area (Å²) in [6, 6.07) is 5.85. The van der Waals surface area contributed by atoms with Gasteiger partial charge in [-0.1, -0.05) is 17.7 Å². The SMILES string of the molecule is SSSSc1ccccn1. The van der Waals surface area contributed by atoms with Gasteiger partial charge in [-0.3, -0.25) is 0 Å². The molecule has 54 valence electrons. The Balaban J connectivity index is 2.43. The number of nitrogens with zero attached hydrogens (tertiary/aromatic N) is 1. The van der Waals surface area contributed by atoms with Crippen LogP contribution in [0.25, 0.3) is 0 Å². The van der Waals surface area contributed by atoms with Gasteiger partial charge in [0.05, 0.1) is 0 Å². The van der Waals surface area contributed by atoms with Crippen LogP contribution in [0.5, 0.6) is 0 Å². The van der Waals surface area contributed by atoms with Crippen molar-refractivity contribution in [3.05, 3.63) is 24.4 Å². The van der Waals surface area contributed by atoms with Gasteiger partial charge in [0.1, 0.15) is 5.03 Å². The lowest BCUT2D eigenvalue weighted by Gasteiger charge is -1.92. The van der Waals surface area contributed by atoms with E-state index in [0.717, 1.165) is 5.03 Å². The predicted molar refractivity (Wildman–Crippen MR) is 54.3 cm³/mol. The van der Waals surface area contributed by atoms with E-state index in [0.29, 0.717) is 0 Å². The van der Waals surface area contributed by atoms with Crippen molar-refractivity contribution in [1.82, 2.24) is 4.98 Å². The third-order valence-electron chi connectivity index (χ3n) is 0.788. The summed E-state index contributed by atoms with van der Waals surface area (Å²) in [5, 5.41) is 1.02. The lowest BCUT2D eigenvalue weighted by atomic mass is 10.5. The maximum absolute atomic E-state index is 4.11. The van der Waals surface area contributed by atoms with E-state index in [4.69, 9.17) is 0 Å². The Bertz CT molecular complexity index is 178. The summed E-state index contributed by atoms with van der Waals surface area (Å²) in [4.78, 5) is 4.11. The molecule has 0 unspecified atom stereocenters. The van der Waals surface area contributed by atoms with Gasteiger partial charge in [0.15, 0.2) is 0 Å². The summed E-state index contributed by atoms with van der Waals surface area (Å²) in [5.41, 5.74) is 0. The maximum Gasteiger partial charge on any atom is 0.107 e. The minimum absolute atomic E-state index is 1.02. The molecule has 0 N–H and O–H groups in total. The predicted octanol–water partition coefficient (Wildman–Crippen LogP) is 3.31. The Morgan fingerprint density at radius 1 is 1.40 bits per heavy atom. The molecule has 1 heterocycles. The molecule has 1 aromatic heterocycles. The number of hydrogen-bond donors (Lipinski definition) is 1. The van der Waals surface area contributed by atoms with Crippen LogP contribution in [-0.2, 0) is 0 Å². The van der Waals surface area contributed by atoms with Crippen molar-refractivity contribution in [3.8, 4) is 0 Å². The first-order valence-corrected chi connectivity index (χ1v) is 7.03. The molecule has 0 saturated carbocycles. The lowest BCUT2D eigenvalue weighted by Crippen LogP contribution is -1.70. The van der Waals surface area contributed by atoms with Crippen LogP contribution in [0.2, 0.25) is 0 Å². The maximum atomic E-state index is 4.11. The molecule has 1 aromatic rings. The molecule has 0 amide bonds. The topological polar surface area (TPSA) is 12.9 Å². The van der Waals surface area contributed by atoms with E-state index in [1.807, 2.05) is 18.2 Å². The zero-order valence-corrected chi connectivity index (χ0v) is 8.27. The van der Waals surface area contributed by atoms with Gasteiger partial charge < -0.3 is 0 Å². The van der Waals surface area contributed by atoms with E-state index in [2.05, 4.69) is 16.6 Å². The normalized spacial score (nSPS) is 9.70. The second-order valence-corrected chi connectivity index (χ2v) is 6.19. The Labute approximate surface area is 76.4 Å². The van der Waals surface area contributed by atoms with Gasteiger partial charge in [0, 0.05) is 6.20 Å². The van der Waals surface area contributed by atoms with E-state index in [-0.39, 0.29) is 0 Å². The quantitative estimate of drug-likeness (QED) is 0.603. The molecule has 0 radical (unpaired) electrons. The Morgan fingerprint density at radius 3 is 2.90 bits per heavy atom. The summed E-state index contributed by atoms with van der Waals surface area (Å²) >= 11 is 3.98. The molecule has 0 aliphatic carbocycles.